The molecular formula is C36H23Cl4FI2N4O8. The van der Waals surface area contributed by atoms with Gasteiger partial charge in [0.25, 0.3) is 11.4 Å². The molecule has 0 aliphatic heterocycles. The van der Waals surface area contributed by atoms with Crippen molar-refractivity contribution in [3.8, 4) is 23.1 Å². The third kappa shape index (κ3) is 13.5. The summed E-state index contributed by atoms with van der Waals surface area (Å²) in [5, 5.41) is 20.4. The van der Waals surface area contributed by atoms with Crippen LogP contribution in [0, 0.1) is 33.2 Å². The van der Waals surface area contributed by atoms with Gasteiger partial charge in [-0.3, -0.25) is 25.0 Å². The average molecular weight is 1050 g/mol. The molecule has 0 saturated heterocycles. The van der Waals surface area contributed by atoms with Gasteiger partial charge in [0.15, 0.2) is 17.3 Å². The fraction of sp³-hybridized carbons (Fsp3) is 0.0556. The molecule has 0 bridgehead atoms. The van der Waals surface area contributed by atoms with Crippen LogP contribution in [0.3, 0.4) is 0 Å². The zero-order valence-electron chi connectivity index (χ0n) is 27.6. The Labute approximate surface area is 359 Å². The number of rotatable bonds is 10. The van der Waals surface area contributed by atoms with Gasteiger partial charge >= 0.3 is 0 Å². The minimum Gasteiger partial charge on any atom is -0.486 e. The molecule has 0 saturated carbocycles. The second-order valence-electron chi connectivity index (χ2n) is 10.6. The molecular weight excluding hydrogens is 1030 g/mol. The number of nitro groups is 2. The van der Waals surface area contributed by atoms with Crippen molar-refractivity contribution in [2.75, 3.05) is 0 Å². The molecule has 2 aromatic heterocycles. The first kappa shape index (κ1) is 43.5. The van der Waals surface area contributed by atoms with Crippen LogP contribution in [0.1, 0.15) is 11.1 Å². The van der Waals surface area contributed by atoms with Gasteiger partial charge in [0, 0.05) is 42.6 Å². The number of nitrogens with one attached hydrogen (secondary N) is 1. The number of aromatic nitrogens is 2. The molecule has 0 spiro atoms. The van der Waals surface area contributed by atoms with E-state index >= 15 is 0 Å². The van der Waals surface area contributed by atoms with Crippen molar-refractivity contribution >= 4 is 103 Å². The van der Waals surface area contributed by atoms with E-state index in [-0.39, 0.29) is 48.7 Å². The standard InChI is InChI=1S/C18H11Cl2IN2O4.C12H10INO2.C6H2Cl2FNO2/c19-13-6-12(23(24)25)7-14(20)18(13)27-17-8-15(21)16(9-22-17)26-10-11-4-2-1-3-5-11;13-10-6-12(15)14-7-11(10)16-8-9-4-2-1-3-5-9;7-4-1-3(10(11)12)2-5(8)6(4)9/h1-9H,10H2;1-7H,8H2,(H,14,15);1-2H. The Morgan fingerprint density at radius 1 is 0.691 bits per heavy atom. The van der Waals surface area contributed by atoms with Crippen molar-refractivity contribution < 1.29 is 28.4 Å². The average Bonchev–Trinajstić information content (AvgIpc) is 3.15. The summed E-state index contributed by atoms with van der Waals surface area (Å²) in [5.41, 5.74) is 1.48. The maximum Gasteiger partial charge on any atom is 0.272 e. The van der Waals surface area contributed by atoms with Crippen LogP contribution in [0.5, 0.6) is 23.1 Å². The first-order valence-electron chi connectivity index (χ1n) is 15.2. The van der Waals surface area contributed by atoms with Crippen molar-refractivity contribution in [3.63, 3.8) is 0 Å². The van der Waals surface area contributed by atoms with E-state index in [1.165, 1.54) is 24.4 Å². The maximum atomic E-state index is 12.7. The number of H-pyrrole nitrogens is 1. The number of pyridine rings is 2. The molecule has 0 amide bonds. The maximum absolute atomic E-state index is 12.7. The molecule has 6 aromatic rings. The molecule has 0 aliphatic carbocycles. The topological polar surface area (TPSA) is 160 Å². The zero-order chi connectivity index (χ0) is 40.1. The van der Waals surface area contributed by atoms with Gasteiger partial charge in [0.2, 0.25) is 11.4 Å². The van der Waals surface area contributed by atoms with Gasteiger partial charge in [0.05, 0.1) is 43.3 Å². The van der Waals surface area contributed by atoms with Crippen molar-refractivity contribution in [3.05, 3.63) is 184 Å². The Morgan fingerprint density at radius 2 is 1.15 bits per heavy atom. The number of halogens is 7. The SMILES string of the molecule is O=[N+]([O-])c1cc(Cl)c(F)c(Cl)c1.O=[N+]([O-])c1cc(Cl)c(Oc2cc(I)c(OCc3ccccc3)cn2)c(Cl)c1.O=c1cc(I)c(OCc2ccccc2)c[nH]1. The molecule has 1 N–H and O–H groups in total. The Hall–Kier alpha value is -4.27. The highest BCUT2D eigenvalue weighted by molar-refractivity contribution is 14.1. The molecule has 2 heterocycles. The van der Waals surface area contributed by atoms with Gasteiger partial charge in [-0.2, -0.15) is 0 Å². The summed E-state index contributed by atoms with van der Waals surface area (Å²) in [5.74, 6) is 0.801. The third-order valence-corrected chi connectivity index (χ3v) is 9.49. The molecule has 6 rings (SSSR count). The molecule has 19 heteroatoms. The lowest BCUT2D eigenvalue weighted by Crippen LogP contribution is -2.06. The van der Waals surface area contributed by atoms with Crippen LogP contribution in [-0.2, 0) is 13.2 Å². The van der Waals surface area contributed by atoms with E-state index in [1.807, 2.05) is 60.7 Å². The lowest BCUT2D eigenvalue weighted by Gasteiger charge is -2.11. The monoisotopic (exact) mass is 1050 g/mol. The highest BCUT2D eigenvalue weighted by Gasteiger charge is 2.18. The highest BCUT2D eigenvalue weighted by Crippen LogP contribution is 2.39. The summed E-state index contributed by atoms with van der Waals surface area (Å²) < 4.78 is 31.3. The van der Waals surface area contributed by atoms with E-state index < -0.39 is 15.7 Å². The van der Waals surface area contributed by atoms with Gasteiger partial charge in [0.1, 0.15) is 19.0 Å². The van der Waals surface area contributed by atoms with Crippen molar-refractivity contribution in [1.29, 1.82) is 0 Å². The number of nitrogens with zero attached hydrogens (tertiary/aromatic N) is 3. The third-order valence-electron chi connectivity index (χ3n) is 6.69. The molecule has 0 aliphatic rings. The normalized spacial score (nSPS) is 10.2. The van der Waals surface area contributed by atoms with E-state index in [9.17, 15) is 29.4 Å². The minimum absolute atomic E-state index is 0.0235. The summed E-state index contributed by atoms with van der Waals surface area (Å²) in [6.07, 6.45) is 3.13. The number of hydrogen-bond acceptors (Lipinski definition) is 9. The Kier molecular flexibility index (Phi) is 16.7. The number of non-ortho nitro benzene ring substituents is 2. The number of hydrogen-bond donors (Lipinski definition) is 1. The van der Waals surface area contributed by atoms with Crippen molar-refractivity contribution in [2.24, 2.45) is 0 Å². The second kappa shape index (κ2) is 21.1. The summed E-state index contributed by atoms with van der Waals surface area (Å²) in [4.78, 5) is 37.5. The van der Waals surface area contributed by atoms with E-state index in [0.29, 0.717) is 24.7 Å². The molecule has 4 aromatic carbocycles. The lowest BCUT2D eigenvalue weighted by molar-refractivity contribution is -0.385. The van der Waals surface area contributed by atoms with Crippen LogP contribution in [-0.4, -0.2) is 19.8 Å². The number of aromatic amines is 1. The zero-order valence-corrected chi connectivity index (χ0v) is 34.9. The quantitative estimate of drug-likeness (QED) is 0.0610. The Balaban J connectivity index is 0.000000203. The summed E-state index contributed by atoms with van der Waals surface area (Å²) in [6, 6.07) is 27.0. The summed E-state index contributed by atoms with van der Waals surface area (Å²) >= 11 is 26.9. The van der Waals surface area contributed by atoms with Crippen molar-refractivity contribution in [2.45, 2.75) is 13.2 Å². The first-order chi connectivity index (χ1) is 26.2. The van der Waals surface area contributed by atoms with Gasteiger partial charge in [-0.25, -0.2) is 9.37 Å². The number of nitro benzene ring substituents is 2. The lowest BCUT2D eigenvalue weighted by atomic mass is 10.2. The van der Waals surface area contributed by atoms with E-state index in [4.69, 9.17) is 60.6 Å². The Morgan fingerprint density at radius 3 is 1.60 bits per heavy atom. The van der Waals surface area contributed by atoms with Gasteiger partial charge in [-0.1, -0.05) is 107 Å². The molecule has 0 unspecified atom stereocenters. The summed E-state index contributed by atoms with van der Waals surface area (Å²) in [6.45, 7) is 0.918. The fourth-order valence-electron chi connectivity index (χ4n) is 4.08. The van der Waals surface area contributed by atoms with Gasteiger partial charge in [-0.05, 0) is 56.3 Å². The first-order valence-corrected chi connectivity index (χ1v) is 18.9. The van der Waals surface area contributed by atoms with Crippen LogP contribution in [0.2, 0.25) is 20.1 Å². The van der Waals surface area contributed by atoms with Gasteiger partial charge < -0.3 is 19.2 Å². The van der Waals surface area contributed by atoms with Crippen LogP contribution in [0.25, 0.3) is 0 Å². The molecule has 284 valence electrons. The van der Waals surface area contributed by atoms with Crippen LogP contribution in [0.15, 0.2) is 114 Å². The smallest absolute Gasteiger partial charge is 0.272 e. The number of ether oxygens (including phenoxy) is 3. The molecule has 0 fully saturated rings. The highest BCUT2D eigenvalue weighted by atomic mass is 127. The second-order valence-corrected chi connectivity index (χ2v) is 14.5. The van der Waals surface area contributed by atoms with Crippen LogP contribution >= 0.6 is 91.6 Å². The van der Waals surface area contributed by atoms with E-state index in [2.05, 4.69) is 55.1 Å². The predicted octanol–water partition coefficient (Wildman–Crippen LogP) is 11.9. The molecule has 0 radical (unpaired) electrons. The summed E-state index contributed by atoms with van der Waals surface area (Å²) in [7, 11) is 0. The number of benzene rings is 4. The van der Waals surface area contributed by atoms with Gasteiger partial charge in [-0.15, -0.1) is 0 Å². The fourth-order valence-corrected chi connectivity index (χ4v) is 6.26. The molecule has 0 atom stereocenters. The Bertz CT molecular complexity index is 2300. The van der Waals surface area contributed by atoms with Crippen molar-refractivity contribution in [1.82, 2.24) is 9.97 Å². The molecule has 55 heavy (non-hydrogen) atoms. The molecule has 12 nitrogen and oxygen atoms in total. The minimum atomic E-state index is -0.844. The van der Waals surface area contributed by atoms with Crippen LogP contribution < -0.4 is 19.8 Å². The largest absolute Gasteiger partial charge is 0.486 e. The predicted molar refractivity (Wildman–Crippen MR) is 225 cm³/mol. The van der Waals surface area contributed by atoms with E-state index in [1.54, 1.807) is 12.3 Å². The van der Waals surface area contributed by atoms with E-state index in [0.717, 1.165) is 30.4 Å². The van der Waals surface area contributed by atoms with Crippen LogP contribution in [0.4, 0.5) is 15.8 Å².